The second-order valence-corrected chi connectivity index (χ2v) is 6.92. The summed E-state index contributed by atoms with van der Waals surface area (Å²) in [6.45, 7) is 1.57. The van der Waals surface area contributed by atoms with Crippen molar-refractivity contribution in [3.8, 4) is 0 Å². The van der Waals surface area contributed by atoms with Crippen LogP contribution in [0.4, 0.5) is 5.82 Å². The van der Waals surface area contributed by atoms with Gasteiger partial charge in [-0.2, -0.15) is 9.40 Å². The molecule has 118 valence electrons. The van der Waals surface area contributed by atoms with Crippen molar-refractivity contribution in [2.45, 2.75) is 11.8 Å². The predicted molar refractivity (Wildman–Crippen MR) is 80.6 cm³/mol. The summed E-state index contributed by atoms with van der Waals surface area (Å²) in [4.78, 5) is 16.0. The van der Waals surface area contributed by atoms with Gasteiger partial charge in [0.15, 0.2) is 0 Å². The lowest BCUT2D eigenvalue weighted by atomic mass is 10.3. The molecule has 2 rings (SSSR count). The van der Waals surface area contributed by atoms with E-state index in [9.17, 15) is 13.2 Å². The van der Waals surface area contributed by atoms with E-state index < -0.39 is 15.9 Å². The molecule has 22 heavy (non-hydrogen) atoms. The lowest BCUT2D eigenvalue weighted by molar-refractivity contribution is -0.116. The summed E-state index contributed by atoms with van der Waals surface area (Å²) in [5.41, 5.74) is 0.967. The zero-order valence-corrected chi connectivity index (χ0v) is 13.3. The van der Waals surface area contributed by atoms with E-state index >= 15 is 0 Å². The van der Waals surface area contributed by atoms with Crippen LogP contribution in [0.5, 0.6) is 0 Å². The number of aryl methyl sites for hydroxylation is 2. The molecule has 2 heterocycles. The fourth-order valence-electron chi connectivity index (χ4n) is 1.72. The zero-order valence-electron chi connectivity index (χ0n) is 12.5. The average molecular weight is 323 g/mol. The van der Waals surface area contributed by atoms with Gasteiger partial charge in [0.1, 0.15) is 10.7 Å². The Hall–Kier alpha value is -2.26. The number of anilines is 1. The Balaban J connectivity index is 2.03. The van der Waals surface area contributed by atoms with Gasteiger partial charge >= 0.3 is 0 Å². The van der Waals surface area contributed by atoms with Gasteiger partial charge in [-0.3, -0.25) is 9.48 Å². The number of nitrogens with zero attached hydrogens (tertiary/aromatic N) is 4. The van der Waals surface area contributed by atoms with Gasteiger partial charge in [0.05, 0.1) is 12.7 Å². The van der Waals surface area contributed by atoms with Crippen molar-refractivity contribution < 1.29 is 13.2 Å². The lowest BCUT2D eigenvalue weighted by Gasteiger charge is -2.15. The minimum atomic E-state index is -3.74. The molecular formula is C13H17N5O3S. The van der Waals surface area contributed by atoms with Crippen LogP contribution in [0.15, 0.2) is 35.6 Å². The quantitative estimate of drug-likeness (QED) is 0.858. The van der Waals surface area contributed by atoms with E-state index in [1.807, 2.05) is 6.92 Å². The highest BCUT2D eigenvalue weighted by molar-refractivity contribution is 7.89. The molecule has 0 fully saturated rings. The van der Waals surface area contributed by atoms with Crippen LogP contribution in [-0.4, -0.2) is 47.0 Å². The van der Waals surface area contributed by atoms with E-state index in [1.54, 1.807) is 25.4 Å². The van der Waals surface area contributed by atoms with E-state index in [2.05, 4.69) is 15.4 Å². The summed E-state index contributed by atoms with van der Waals surface area (Å²) in [6, 6.07) is 3.46. The Bertz CT molecular complexity index is 767. The van der Waals surface area contributed by atoms with Crippen molar-refractivity contribution >= 4 is 21.7 Å². The fraction of sp³-hybridized carbons (Fsp3) is 0.308. The first-order valence-corrected chi connectivity index (χ1v) is 7.90. The first-order chi connectivity index (χ1) is 10.3. The smallest absolute Gasteiger partial charge is 0.246 e. The minimum absolute atomic E-state index is 0.0405. The molecule has 0 aliphatic heterocycles. The highest BCUT2D eigenvalue weighted by Crippen LogP contribution is 2.12. The van der Waals surface area contributed by atoms with Gasteiger partial charge in [-0.1, -0.05) is 6.07 Å². The SMILES string of the molecule is Cc1ccc(NC(=O)CN(C)S(=O)(=O)c2cnn(C)c2)nc1. The number of sulfonamides is 1. The second-order valence-electron chi connectivity index (χ2n) is 4.88. The monoisotopic (exact) mass is 323 g/mol. The maximum Gasteiger partial charge on any atom is 0.246 e. The van der Waals surface area contributed by atoms with Gasteiger partial charge in [0.2, 0.25) is 15.9 Å². The third-order valence-electron chi connectivity index (χ3n) is 2.93. The summed E-state index contributed by atoms with van der Waals surface area (Å²) >= 11 is 0. The third-order valence-corrected chi connectivity index (χ3v) is 4.69. The molecule has 9 heteroatoms. The van der Waals surface area contributed by atoms with Crippen LogP contribution in [-0.2, 0) is 21.9 Å². The highest BCUT2D eigenvalue weighted by Gasteiger charge is 2.24. The van der Waals surface area contributed by atoms with E-state index in [1.165, 1.54) is 24.1 Å². The summed E-state index contributed by atoms with van der Waals surface area (Å²) < 4.78 is 26.9. The molecule has 0 aliphatic carbocycles. The largest absolute Gasteiger partial charge is 0.310 e. The molecule has 0 aliphatic rings. The number of likely N-dealkylation sites (N-methyl/N-ethyl adjacent to an activating group) is 1. The molecule has 0 atom stereocenters. The van der Waals surface area contributed by atoms with Crippen LogP contribution in [0.25, 0.3) is 0 Å². The summed E-state index contributed by atoms with van der Waals surface area (Å²) in [5.74, 6) is -0.0888. The fourth-order valence-corrected chi connectivity index (χ4v) is 2.84. The molecule has 0 spiro atoms. The molecular weight excluding hydrogens is 306 g/mol. The number of amides is 1. The number of nitrogens with one attached hydrogen (secondary N) is 1. The molecule has 0 bridgehead atoms. The molecule has 1 amide bonds. The summed E-state index contributed by atoms with van der Waals surface area (Å²) in [6.07, 6.45) is 4.24. The summed E-state index contributed by atoms with van der Waals surface area (Å²) in [7, 11) is -0.786. The number of carbonyl (C=O) groups is 1. The van der Waals surface area contributed by atoms with E-state index in [4.69, 9.17) is 0 Å². The van der Waals surface area contributed by atoms with Crippen LogP contribution in [0, 0.1) is 6.92 Å². The van der Waals surface area contributed by atoms with Crippen LogP contribution in [0.1, 0.15) is 5.56 Å². The van der Waals surface area contributed by atoms with Crippen molar-refractivity contribution in [2.75, 3.05) is 18.9 Å². The van der Waals surface area contributed by atoms with Crippen molar-refractivity contribution in [1.29, 1.82) is 0 Å². The van der Waals surface area contributed by atoms with Crippen molar-refractivity contribution in [3.63, 3.8) is 0 Å². The molecule has 0 aromatic carbocycles. The number of aromatic nitrogens is 3. The molecule has 0 unspecified atom stereocenters. The van der Waals surface area contributed by atoms with E-state index in [0.29, 0.717) is 5.82 Å². The molecule has 2 aromatic heterocycles. The van der Waals surface area contributed by atoms with Gasteiger partial charge in [0.25, 0.3) is 0 Å². The predicted octanol–water partition coefficient (Wildman–Crippen LogP) is 0.383. The first-order valence-electron chi connectivity index (χ1n) is 6.46. The van der Waals surface area contributed by atoms with E-state index in [0.717, 1.165) is 9.87 Å². The Kier molecular flexibility index (Phi) is 4.57. The molecule has 1 N–H and O–H groups in total. The standard InChI is InChI=1S/C13H17N5O3S/c1-10-4-5-12(14-6-10)16-13(19)9-18(3)22(20,21)11-7-15-17(2)8-11/h4-8H,9H2,1-3H3,(H,14,16,19). The van der Waals surface area contributed by atoms with Crippen molar-refractivity contribution in [2.24, 2.45) is 7.05 Å². The lowest BCUT2D eigenvalue weighted by Crippen LogP contribution is -2.35. The average Bonchev–Trinajstić information content (AvgIpc) is 2.88. The van der Waals surface area contributed by atoms with Gasteiger partial charge in [-0.05, 0) is 18.6 Å². The maximum absolute atomic E-state index is 12.3. The number of carbonyl (C=O) groups excluding carboxylic acids is 1. The first kappa shape index (κ1) is 16.1. The topological polar surface area (TPSA) is 97.2 Å². The number of hydrogen-bond acceptors (Lipinski definition) is 5. The van der Waals surface area contributed by atoms with Crippen LogP contribution >= 0.6 is 0 Å². The number of rotatable bonds is 5. The van der Waals surface area contributed by atoms with Gasteiger partial charge in [0, 0.05) is 26.5 Å². The van der Waals surface area contributed by atoms with Crippen LogP contribution in [0.2, 0.25) is 0 Å². The van der Waals surface area contributed by atoms with Crippen LogP contribution < -0.4 is 5.32 Å². The second kappa shape index (κ2) is 6.24. The normalized spacial score (nSPS) is 11.6. The minimum Gasteiger partial charge on any atom is -0.310 e. The maximum atomic E-state index is 12.3. The Morgan fingerprint density at radius 3 is 2.64 bits per heavy atom. The highest BCUT2D eigenvalue weighted by atomic mass is 32.2. The molecule has 0 saturated heterocycles. The van der Waals surface area contributed by atoms with Gasteiger partial charge in [-0.25, -0.2) is 13.4 Å². The Morgan fingerprint density at radius 1 is 1.36 bits per heavy atom. The van der Waals surface area contributed by atoms with Gasteiger partial charge < -0.3 is 5.32 Å². The Morgan fingerprint density at radius 2 is 2.09 bits per heavy atom. The van der Waals surface area contributed by atoms with E-state index in [-0.39, 0.29) is 11.4 Å². The zero-order chi connectivity index (χ0) is 16.3. The van der Waals surface area contributed by atoms with Gasteiger partial charge in [-0.15, -0.1) is 0 Å². The molecule has 8 nitrogen and oxygen atoms in total. The third kappa shape index (κ3) is 3.68. The molecule has 0 radical (unpaired) electrons. The number of hydrogen-bond donors (Lipinski definition) is 1. The Labute approximate surface area is 128 Å². The van der Waals surface area contributed by atoms with Crippen molar-refractivity contribution in [1.82, 2.24) is 19.1 Å². The van der Waals surface area contributed by atoms with Crippen molar-refractivity contribution in [3.05, 3.63) is 36.3 Å². The summed E-state index contributed by atoms with van der Waals surface area (Å²) in [5, 5.41) is 6.37. The molecule has 2 aromatic rings. The van der Waals surface area contributed by atoms with Crippen LogP contribution in [0.3, 0.4) is 0 Å². The molecule has 0 saturated carbocycles. The number of pyridine rings is 1.